The van der Waals surface area contributed by atoms with Crippen LogP contribution in [-0.4, -0.2) is 41.5 Å². The van der Waals surface area contributed by atoms with Crippen molar-refractivity contribution in [3.05, 3.63) is 53.6 Å². The Hall–Kier alpha value is -2.82. The topological polar surface area (TPSA) is 69.6 Å². The molecular weight excluding hydrogens is 472 g/mol. The van der Waals surface area contributed by atoms with Crippen molar-refractivity contribution >= 4 is 17.6 Å². The Labute approximate surface area is 227 Å². The highest BCUT2D eigenvalue weighted by Gasteiger charge is 2.72. The zero-order chi connectivity index (χ0) is 26.3. The molecule has 2 saturated carbocycles. The van der Waals surface area contributed by atoms with Crippen LogP contribution in [0.25, 0.3) is 11.1 Å². The lowest BCUT2D eigenvalue weighted by molar-refractivity contribution is -0.141. The van der Waals surface area contributed by atoms with Gasteiger partial charge >= 0.3 is 5.97 Å². The highest BCUT2D eigenvalue weighted by atomic mass is 16.4. The van der Waals surface area contributed by atoms with E-state index >= 15 is 0 Å². The summed E-state index contributed by atoms with van der Waals surface area (Å²) in [5, 5.41) is 14.1. The summed E-state index contributed by atoms with van der Waals surface area (Å²) in [6.07, 6.45) is 12.3. The molecule has 1 unspecified atom stereocenters. The molecule has 1 amide bonds. The maximum absolute atomic E-state index is 12.6. The minimum atomic E-state index is -0.822. The van der Waals surface area contributed by atoms with E-state index in [2.05, 4.69) is 35.6 Å². The van der Waals surface area contributed by atoms with Gasteiger partial charge in [-0.05, 0) is 71.3 Å². The van der Waals surface area contributed by atoms with Gasteiger partial charge in [0.15, 0.2) is 0 Å². The van der Waals surface area contributed by atoms with Gasteiger partial charge in [-0.2, -0.15) is 0 Å². The van der Waals surface area contributed by atoms with Gasteiger partial charge in [0, 0.05) is 31.7 Å². The smallest absolute Gasteiger partial charge is 0.314 e. The van der Waals surface area contributed by atoms with Crippen molar-refractivity contribution in [3.63, 3.8) is 0 Å². The Kier molecular flexibility index (Phi) is 6.74. The zero-order valence-corrected chi connectivity index (χ0v) is 22.8. The molecule has 5 heteroatoms. The van der Waals surface area contributed by atoms with Gasteiger partial charge in [-0.25, -0.2) is 0 Å². The number of fused-ring (bicyclic) bond motifs is 1. The monoisotopic (exact) mass is 514 g/mol. The second-order valence-corrected chi connectivity index (χ2v) is 12.4. The van der Waals surface area contributed by atoms with Crippen molar-refractivity contribution < 1.29 is 14.7 Å². The van der Waals surface area contributed by atoms with E-state index in [1.54, 1.807) is 0 Å². The largest absolute Gasteiger partial charge is 0.481 e. The van der Waals surface area contributed by atoms with Gasteiger partial charge in [-0.1, -0.05) is 81.8 Å². The number of hydrogen-bond donors (Lipinski definition) is 2. The van der Waals surface area contributed by atoms with Gasteiger partial charge in [0.25, 0.3) is 0 Å². The van der Waals surface area contributed by atoms with E-state index < -0.39 is 11.4 Å². The molecular formula is C33H42N2O3. The number of carboxylic acids is 1. The Balaban J connectivity index is 1.16. The molecule has 2 aliphatic carbocycles. The number of aliphatic carboxylic acids is 1. The number of carbonyl (C=O) groups is 2. The summed E-state index contributed by atoms with van der Waals surface area (Å²) in [5.41, 5.74) is 4.86. The Morgan fingerprint density at radius 3 is 2.29 bits per heavy atom. The minimum absolute atomic E-state index is 0.172. The standard InChI is InChI=1S/C33H42N2O3/c1-2-30(36)35-17-15-32(16-18-35)22-33(32,31(37)38)28-13-11-24(12-14-28)25-9-10-26-19-27(21-34-29(26)20-25)23-7-5-3-4-6-8-23/h9-14,20,23,27,34H,2-8,15-19,21-22H2,1H3,(H,37,38)/t27?,33-/m1/s1. The van der Waals surface area contributed by atoms with Crippen LogP contribution < -0.4 is 5.32 Å². The van der Waals surface area contributed by atoms with E-state index in [1.807, 2.05) is 24.0 Å². The van der Waals surface area contributed by atoms with E-state index in [1.165, 1.54) is 61.8 Å². The van der Waals surface area contributed by atoms with Crippen LogP contribution in [0, 0.1) is 17.3 Å². The lowest BCUT2D eigenvalue weighted by atomic mass is 9.79. The number of nitrogens with zero attached hydrogens (tertiary/aromatic N) is 1. The normalized spacial score (nSPS) is 26.8. The van der Waals surface area contributed by atoms with Crippen LogP contribution in [0.4, 0.5) is 5.69 Å². The summed E-state index contributed by atoms with van der Waals surface area (Å²) < 4.78 is 0. The van der Waals surface area contributed by atoms with E-state index in [-0.39, 0.29) is 11.3 Å². The number of carboxylic acid groups (broad SMARTS) is 1. The Morgan fingerprint density at radius 2 is 1.63 bits per heavy atom. The summed E-state index contributed by atoms with van der Waals surface area (Å²) in [6.45, 7) is 4.30. The van der Waals surface area contributed by atoms with E-state index in [9.17, 15) is 14.7 Å². The number of anilines is 1. The van der Waals surface area contributed by atoms with Gasteiger partial charge in [-0.3, -0.25) is 9.59 Å². The third kappa shape index (κ3) is 4.32. The zero-order valence-electron chi connectivity index (χ0n) is 22.8. The van der Waals surface area contributed by atoms with Crippen molar-refractivity contribution in [2.75, 3.05) is 25.0 Å². The fourth-order valence-corrected chi connectivity index (χ4v) is 8.07. The lowest BCUT2D eigenvalue weighted by Crippen LogP contribution is -2.42. The number of rotatable bonds is 5. The van der Waals surface area contributed by atoms with E-state index in [0.717, 1.165) is 42.3 Å². The van der Waals surface area contributed by atoms with Crippen molar-refractivity contribution in [1.82, 2.24) is 4.90 Å². The molecule has 2 N–H and O–H groups in total. The second kappa shape index (κ2) is 10.1. The van der Waals surface area contributed by atoms with Crippen LogP contribution in [0.15, 0.2) is 42.5 Å². The molecule has 0 radical (unpaired) electrons. The van der Waals surface area contributed by atoms with Gasteiger partial charge in [0.05, 0.1) is 5.41 Å². The lowest BCUT2D eigenvalue weighted by Gasteiger charge is -2.34. The molecule has 202 valence electrons. The highest BCUT2D eigenvalue weighted by molar-refractivity contribution is 5.88. The Morgan fingerprint density at radius 1 is 0.947 bits per heavy atom. The first-order valence-corrected chi connectivity index (χ1v) is 14.9. The third-order valence-electron chi connectivity index (χ3n) is 10.5. The summed E-state index contributed by atoms with van der Waals surface area (Å²) in [7, 11) is 0. The summed E-state index contributed by atoms with van der Waals surface area (Å²) in [4.78, 5) is 26.7. The van der Waals surface area contributed by atoms with Gasteiger partial charge in [-0.15, -0.1) is 0 Å². The molecule has 4 aliphatic rings. The average molecular weight is 515 g/mol. The maximum Gasteiger partial charge on any atom is 0.314 e. The molecule has 2 aromatic carbocycles. The third-order valence-corrected chi connectivity index (χ3v) is 10.5. The maximum atomic E-state index is 12.6. The number of amides is 1. The van der Waals surface area contributed by atoms with Crippen molar-refractivity contribution in [3.8, 4) is 11.1 Å². The molecule has 2 heterocycles. The number of nitrogens with one attached hydrogen (secondary N) is 1. The Bertz CT molecular complexity index is 1190. The van der Waals surface area contributed by atoms with E-state index in [0.29, 0.717) is 25.9 Å². The van der Waals surface area contributed by atoms with Crippen LogP contribution in [0.1, 0.15) is 82.3 Å². The van der Waals surface area contributed by atoms with Crippen LogP contribution in [0.5, 0.6) is 0 Å². The van der Waals surface area contributed by atoms with Crippen LogP contribution in [0.2, 0.25) is 0 Å². The SMILES string of the molecule is CCC(=O)N1CCC2(CC1)C[C@]2(C(=O)O)c1ccc(-c2ccc3c(c2)NCC(C2CCCCCC2)C3)cc1. The van der Waals surface area contributed by atoms with Crippen molar-refractivity contribution in [2.24, 2.45) is 17.3 Å². The number of hydrogen-bond acceptors (Lipinski definition) is 3. The summed E-state index contributed by atoms with van der Waals surface area (Å²) in [5.74, 6) is 1.06. The number of piperidine rings is 1. The predicted molar refractivity (Wildman–Crippen MR) is 151 cm³/mol. The number of carbonyl (C=O) groups excluding carboxylic acids is 1. The molecule has 3 fully saturated rings. The van der Waals surface area contributed by atoms with Crippen LogP contribution >= 0.6 is 0 Å². The molecule has 6 rings (SSSR count). The second-order valence-electron chi connectivity index (χ2n) is 12.4. The molecule has 0 bridgehead atoms. The molecule has 2 aliphatic heterocycles. The van der Waals surface area contributed by atoms with Crippen molar-refractivity contribution in [1.29, 1.82) is 0 Å². The number of likely N-dealkylation sites (tertiary alicyclic amines) is 1. The molecule has 2 aromatic rings. The number of benzene rings is 2. The average Bonchev–Trinajstić information content (AvgIpc) is 3.68. The molecule has 2 atom stereocenters. The van der Waals surface area contributed by atoms with Gasteiger partial charge in [0.2, 0.25) is 5.91 Å². The van der Waals surface area contributed by atoms with Crippen molar-refractivity contribution in [2.45, 2.75) is 83.0 Å². The van der Waals surface area contributed by atoms with Crippen LogP contribution in [-0.2, 0) is 21.4 Å². The first-order chi connectivity index (χ1) is 18.5. The van der Waals surface area contributed by atoms with Crippen LogP contribution in [0.3, 0.4) is 0 Å². The molecule has 5 nitrogen and oxygen atoms in total. The van der Waals surface area contributed by atoms with Gasteiger partial charge in [0.1, 0.15) is 0 Å². The highest BCUT2D eigenvalue weighted by Crippen LogP contribution is 2.69. The quantitative estimate of drug-likeness (QED) is 0.438. The summed E-state index contributed by atoms with van der Waals surface area (Å²) in [6, 6.07) is 15.1. The molecule has 38 heavy (non-hydrogen) atoms. The molecule has 1 saturated heterocycles. The predicted octanol–water partition coefficient (Wildman–Crippen LogP) is 6.65. The summed E-state index contributed by atoms with van der Waals surface area (Å²) >= 11 is 0. The molecule has 0 aromatic heterocycles. The molecule has 1 spiro atoms. The van der Waals surface area contributed by atoms with E-state index in [4.69, 9.17) is 0 Å². The first kappa shape index (κ1) is 25.5. The van der Waals surface area contributed by atoms with Gasteiger partial charge < -0.3 is 15.3 Å². The fourth-order valence-electron chi connectivity index (χ4n) is 8.07. The minimum Gasteiger partial charge on any atom is -0.481 e. The fraction of sp³-hybridized carbons (Fsp3) is 0.576. The first-order valence-electron chi connectivity index (χ1n) is 14.9.